The summed E-state index contributed by atoms with van der Waals surface area (Å²) in [7, 11) is 1.66. The Hall–Kier alpha value is -1.54. The molecule has 0 aliphatic heterocycles. The van der Waals surface area contributed by atoms with E-state index in [0.29, 0.717) is 0 Å². The number of allylic oxidation sites excluding steroid dienone is 2. The molecule has 1 N–H and O–H groups in total. The van der Waals surface area contributed by atoms with Crippen molar-refractivity contribution in [1.82, 2.24) is 0 Å². The van der Waals surface area contributed by atoms with Gasteiger partial charge in [0.2, 0.25) is 0 Å². The third kappa shape index (κ3) is 2.42. The van der Waals surface area contributed by atoms with Gasteiger partial charge < -0.3 is 9.84 Å². The maximum absolute atomic E-state index is 10.6. The van der Waals surface area contributed by atoms with Crippen LogP contribution < -0.4 is 0 Å². The Labute approximate surface area is 102 Å². The summed E-state index contributed by atoms with van der Waals surface area (Å²) >= 11 is 0. The number of methoxy groups -OCH3 is 1. The van der Waals surface area contributed by atoms with Crippen LogP contribution in [0.4, 0.5) is 0 Å². The number of hydrogen-bond acceptors (Lipinski definition) is 2. The summed E-state index contributed by atoms with van der Waals surface area (Å²) in [5.74, 6) is 0.953. The number of aliphatic hydroxyl groups is 1. The van der Waals surface area contributed by atoms with Crippen molar-refractivity contribution < 1.29 is 9.84 Å². The van der Waals surface area contributed by atoms with Gasteiger partial charge in [0, 0.05) is 5.92 Å². The minimum atomic E-state index is -0.840. The molecule has 1 aliphatic rings. The molecule has 2 heteroatoms. The van der Waals surface area contributed by atoms with Gasteiger partial charge in [0.1, 0.15) is 5.76 Å². The van der Waals surface area contributed by atoms with Gasteiger partial charge in [0.05, 0.1) is 12.7 Å². The van der Waals surface area contributed by atoms with E-state index in [1.807, 2.05) is 55.5 Å². The lowest BCUT2D eigenvalue weighted by molar-refractivity contribution is 0.0134. The van der Waals surface area contributed by atoms with Crippen molar-refractivity contribution in [1.29, 1.82) is 0 Å². The van der Waals surface area contributed by atoms with Crippen molar-refractivity contribution in [3.05, 3.63) is 59.9 Å². The van der Waals surface area contributed by atoms with Gasteiger partial charge in [0.25, 0.3) is 0 Å². The molecule has 0 aromatic heterocycles. The average molecular weight is 230 g/mol. The molecule has 1 aromatic carbocycles. The summed E-state index contributed by atoms with van der Waals surface area (Å²) in [6.07, 6.45) is 6.75. The molecule has 2 rings (SSSR count). The van der Waals surface area contributed by atoms with Crippen LogP contribution in [-0.2, 0) is 10.3 Å². The molecule has 2 atom stereocenters. The van der Waals surface area contributed by atoms with E-state index in [9.17, 15) is 5.11 Å². The summed E-state index contributed by atoms with van der Waals surface area (Å²) in [5, 5.41) is 10.6. The van der Waals surface area contributed by atoms with E-state index >= 15 is 0 Å². The van der Waals surface area contributed by atoms with E-state index in [0.717, 1.165) is 17.7 Å². The molecule has 90 valence electrons. The molecule has 0 radical (unpaired) electrons. The third-order valence-electron chi connectivity index (χ3n) is 3.38. The fourth-order valence-electron chi connectivity index (χ4n) is 2.16. The zero-order valence-electron chi connectivity index (χ0n) is 10.3. The average Bonchev–Trinajstić information content (AvgIpc) is 2.40. The van der Waals surface area contributed by atoms with Crippen LogP contribution in [0.15, 0.2) is 54.3 Å². The highest BCUT2D eigenvalue weighted by Gasteiger charge is 2.32. The molecule has 2 nitrogen and oxygen atoms in total. The summed E-state index contributed by atoms with van der Waals surface area (Å²) in [4.78, 5) is 0. The molecular formula is C15H18O2. The van der Waals surface area contributed by atoms with Crippen molar-refractivity contribution >= 4 is 0 Å². The summed E-state index contributed by atoms with van der Waals surface area (Å²) in [6.45, 7) is 1.86. The predicted octanol–water partition coefficient (Wildman–Crippen LogP) is 3.00. The molecule has 0 saturated heterocycles. The SMILES string of the molecule is COC1=CCC(C(C)(O)c2ccccc2)C=C1. The monoisotopic (exact) mass is 230 g/mol. The maximum atomic E-state index is 10.6. The van der Waals surface area contributed by atoms with Gasteiger partial charge in [-0.15, -0.1) is 0 Å². The number of benzene rings is 1. The molecule has 0 amide bonds. The number of hydrogen-bond donors (Lipinski definition) is 1. The zero-order valence-corrected chi connectivity index (χ0v) is 10.3. The van der Waals surface area contributed by atoms with Gasteiger partial charge in [-0.3, -0.25) is 0 Å². The van der Waals surface area contributed by atoms with E-state index in [4.69, 9.17) is 4.74 Å². The minimum Gasteiger partial charge on any atom is -0.497 e. The predicted molar refractivity (Wildman–Crippen MR) is 68.4 cm³/mol. The van der Waals surface area contributed by atoms with Crippen molar-refractivity contribution in [2.75, 3.05) is 7.11 Å². The van der Waals surface area contributed by atoms with E-state index in [1.165, 1.54) is 0 Å². The highest BCUT2D eigenvalue weighted by atomic mass is 16.5. The molecule has 1 aromatic rings. The first-order chi connectivity index (χ1) is 8.14. The molecular weight excluding hydrogens is 212 g/mol. The van der Waals surface area contributed by atoms with Crippen molar-refractivity contribution in [3.63, 3.8) is 0 Å². The van der Waals surface area contributed by atoms with Crippen LogP contribution >= 0.6 is 0 Å². The summed E-state index contributed by atoms with van der Waals surface area (Å²) < 4.78 is 5.15. The van der Waals surface area contributed by atoms with E-state index in [2.05, 4.69) is 0 Å². The number of rotatable bonds is 3. The molecule has 0 bridgehead atoms. The highest BCUT2D eigenvalue weighted by molar-refractivity contribution is 5.28. The largest absolute Gasteiger partial charge is 0.497 e. The van der Waals surface area contributed by atoms with Gasteiger partial charge >= 0.3 is 0 Å². The molecule has 17 heavy (non-hydrogen) atoms. The van der Waals surface area contributed by atoms with Crippen LogP contribution in [0.2, 0.25) is 0 Å². The van der Waals surface area contributed by atoms with Crippen LogP contribution in [0.5, 0.6) is 0 Å². The van der Waals surface area contributed by atoms with Crippen LogP contribution in [-0.4, -0.2) is 12.2 Å². The fraction of sp³-hybridized carbons (Fsp3) is 0.333. The second-order valence-corrected chi connectivity index (χ2v) is 4.53. The number of ether oxygens (including phenoxy) is 1. The fourth-order valence-corrected chi connectivity index (χ4v) is 2.16. The Morgan fingerprint density at radius 1 is 1.29 bits per heavy atom. The first-order valence-corrected chi connectivity index (χ1v) is 5.85. The van der Waals surface area contributed by atoms with Crippen LogP contribution in [0.25, 0.3) is 0 Å². The van der Waals surface area contributed by atoms with Crippen LogP contribution in [0, 0.1) is 5.92 Å². The maximum Gasteiger partial charge on any atom is 0.114 e. The molecule has 0 fully saturated rings. The first-order valence-electron chi connectivity index (χ1n) is 5.85. The minimum absolute atomic E-state index is 0.0869. The van der Waals surface area contributed by atoms with E-state index in [1.54, 1.807) is 7.11 Å². The first kappa shape index (κ1) is 11.9. The lowest BCUT2D eigenvalue weighted by atomic mass is 9.79. The quantitative estimate of drug-likeness (QED) is 0.865. The molecule has 1 aliphatic carbocycles. The van der Waals surface area contributed by atoms with Crippen LogP contribution in [0.3, 0.4) is 0 Å². The molecule has 0 heterocycles. The summed E-state index contributed by atoms with van der Waals surface area (Å²) in [6, 6.07) is 9.78. The topological polar surface area (TPSA) is 29.5 Å². The molecule has 0 saturated carbocycles. The van der Waals surface area contributed by atoms with Crippen LogP contribution in [0.1, 0.15) is 18.9 Å². The second-order valence-electron chi connectivity index (χ2n) is 4.53. The smallest absolute Gasteiger partial charge is 0.114 e. The van der Waals surface area contributed by atoms with E-state index in [-0.39, 0.29) is 5.92 Å². The zero-order chi connectivity index (χ0) is 12.3. The normalized spacial score (nSPS) is 22.8. The van der Waals surface area contributed by atoms with Gasteiger partial charge in [-0.2, -0.15) is 0 Å². The Morgan fingerprint density at radius 3 is 2.53 bits per heavy atom. The Balaban J connectivity index is 2.19. The molecule has 2 unspecified atom stereocenters. The lowest BCUT2D eigenvalue weighted by Crippen LogP contribution is -2.31. The highest BCUT2D eigenvalue weighted by Crippen LogP contribution is 2.35. The van der Waals surface area contributed by atoms with Crippen molar-refractivity contribution in [2.24, 2.45) is 5.92 Å². The third-order valence-corrected chi connectivity index (χ3v) is 3.38. The Kier molecular flexibility index (Phi) is 3.34. The van der Waals surface area contributed by atoms with Crippen molar-refractivity contribution in [2.45, 2.75) is 18.9 Å². The summed E-state index contributed by atoms with van der Waals surface area (Å²) in [5.41, 5.74) is 0.108. The molecule has 0 spiro atoms. The lowest BCUT2D eigenvalue weighted by Gasteiger charge is -2.32. The van der Waals surface area contributed by atoms with Gasteiger partial charge in [-0.1, -0.05) is 36.4 Å². The van der Waals surface area contributed by atoms with Gasteiger partial charge in [-0.05, 0) is 31.1 Å². The second kappa shape index (κ2) is 4.76. The van der Waals surface area contributed by atoms with E-state index < -0.39 is 5.60 Å². The Bertz CT molecular complexity index is 429. The van der Waals surface area contributed by atoms with Gasteiger partial charge in [0.15, 0.2) is 0 Å². The van der Waals surface area contributed by atoms with Crippen molar-refractivity contribution in [3.8, 4) is 0 Å². The van der Waals surface area contributed by atoms with Gasteiger partial charge in [-0.25, -0.2) is 0 Å². The Morgan fingerprint density at radius 2 is 2.00 bits per heavy atom. The standard InChI is InChI=1S/C15H18O2/c1-15(16,12-6-4-3-5-7-12)13-8-10-14(17-2)11-9-13/h3-8,10-11,13,16H,9H2,1-2H3.